The Labute approximate surface area is 167 Å². The fourth-order valence-electron chi connectivity index (χ4n) is 2.45. The van der Waals surface area contributed by atoms with Crippen molar-refractivity contribution < 1.29 is 18.7 Å². The summed E-state index contributed by atoms with van der Waals surface area (Å²) in [5.41, 5.74) is 0.781. The second kappa shape index (κ2) is 8.21. The number of aromatic nitrogens is 1. The SMILES string of the molecule is CCOC(=O)Cn1c(=NC(=O)c2cc(Cl)cc(Cl)c2)sc2cc(F)ccc21. The van der Waals surface area contributed by atoms with Gasteiger partial charge in [0, 0.05) is 15.6 Å². The topological polar surface area (TPSA) is 60.7 Å². The van der Waals surface area contributed by atoms with Gasteiger partial charge < -0.3 is 9.30 Å². The van der Waals surface area contributed by atoms with Crippen molar-refractivity contribution in [1.82, 2.24) is 4.57 Å². The molecule has 0 spiro atoms. The number of carbonyl (C=O) groups is 2. The molecule has 0 N–H and O–H groups in total. The van der Waals surface area contributed by atoms with Crippen molar-refractivity contribution >= 4 is 56.6 Å². The Bertz CT molecular complexity index is 1090. The summed E-state index contributed by atoms with van der Waals surface area (Å²) in [6, 6.07) is 8.52. The van der Waals surface area contributed by atoms with Gasteiger partial charge in [-0.2, -0.15) is 4.99 Å². The maximum Gasteiger partial charge on any atom is 0.326 e. The smallest absolute Gasteiger partial charge is 0.326 e. The number of ether oxygens (including phenoxy) is 1. The monoisotopic (exact) mass is 426 g/mol. The molecular weight excluding hydrogens is 414 g/mol. The average molecular weight is 427 g/mol. The van der Waals surface area contributed by atoms with E-state index in [1.165, 1.54) is 41.0 Å². The third-order valence-corrected chi connectivity index (χ3v) is 5.02. The van der Waals surface area contributed by atoms with E-state index in [2.05, 4.69) is 4.99 Å². The van der Waals surface area contributed by atoms with Gasteiger partial charge in [0.05, 0.1) is 16.8 Å². The summed E-state index contributed by atoms with van der Waals surface area (Å²) in [7, 11) is 0. The predicted octanol–water partition coefficient (Wildman–Crippen LogP) is 4.45. The lowest BCUT2D eigenvalue weighted by Crippen LogP contribution is -2.23. The van der Waals surface area contributed by atoms with Crippen LogP contribution in [0.1, 0.15) is 17.3 Å². The number of carbonyl (C=O) groups excluding carboxylic acids is 2. The molecule has 0 aliphatic rings. The summed E-state index contributed by atoms with van der Waals surface area (Å²) in [4.78, 5) is 28.8. The highest BCUT2D eigenvalue weighted by molar-refractivity contribution is 7.16. The van der Waals surface area contributed by atoms with E-state index in [1.807, 2.05) is 0 Å². The van der Waals surface area contributed by atoms with E-state index in [0.29, 0.717) is 20.3 Å². The highest BCUT2D eigenvalue weighted by Crippen LogP contribution is 2.21. The third kappa shape index (κ3) is 4.55. The Morgan fingerprint density at radius 1 is 1.19 bits per heavy atom. The molecule has 0 radical (unpaired) electrons. The quantitative estimate of drug-likeness (QED) is 0.578. The Morgan fingerprint density at radius 2 is 1.89 bits per heavy atom. The number of amides is 1. The first-order valence-electron chi connectivity index (χ1n) is 7.87. The van der Waals surface area contributed by atoms with Crippen molar-refractivity contribution in [3.63, 3.8) is 0 Å². The van der Waals surface area contributed by atoms with Gasteiger partial charge in [-0.1, -0.05) is 34.5 Å². The van der Waals surface area contributed by atoms with E-state index in [9.17, 15) is 14.0 Å². The predicted molar refractivity (Wildman–Crippen MR) is 103 cm³/mol. The molecule has 140 valence electrons. The van der Waals surface area contributed by atoms with Gasteiger partial charge in [0.15, 0.2) is 4.80 Å². The number of hydrogen-bond donors (Lipinski definition) is 0. The Balaban J connectivity index is 2.12. The molecule has 0 aliphatic heterocycles. The Kier molecular flexibility index (Phi) is 5.94. The lowest BCUT2D eigenvalue weighted by Gasteiger charge is -2.05. The largest absolute Gasteiger partial charge is 0.465 e. The van der Waals surface area contributed by atoms with Gasteiger partial charge in [-0.05, 0) is 43.3 Å². The molecule has 9 heteroatoms. The summed E-state index contributed by atoms with van der Waals surface area (Å²) < 4.78 is 20.6. The number of hydrogen-bond acceptors (Lipinski definition) is 4. The van der Waals surface area contributed by atoms with Gasteiger partial charge in [-0.3, -0.25) is 9.59 Å². The zero-order valence-electron chi connectivity index (χ0n) is 14.0. The van der Waals surface area contributed by atoms with Crippen molar-refractivity contribution in [1.29, 1.82) is 0 Å². The molecule has 5 nitrogen and oxygen atoms in total. The number of rotatable bonds is 4. The van der Waals surface area contributed by atoms with Crippen LogP contribution in [-0.4, -0.2) is 23.1 Å². The first-order chi connectivity index (χ1) is 12.9. The van der Waals surface area contributed by atoms with Crippen LogP contribution in [0.4, 0.5) is 4.39 Å². The van der Waals surface area contributed by atoms with Crippen LogP contribution >= 0.6 is 34.5 Å². The van der Waals surface area contributed by atoms with Crippen LogP contribution in [0.15, 0.2) is 41.4 Å². The van der Waals surface area contributed by atoms with Crippen molar-refractivity contribution in [3.8, 4) is 0 Å². The van der Waals surface area contributed by atoms with Crippen LogP contribution in [0.25, 0.3) is 10.2 Å². The highest BCUT2D eigenvalue weighted by Gasteiger charge is 2.14. The van der Waals surface area contributed by atoms with E-state index in [0.717, 1.165) is 11.3 Å². The second-order valence-electron chi connectivity index (χ2n) is 5.46. The van der Waals surface area contributed by atoms with Crippen LogP contribution < -0.4 is 4.80 Å². The zero-order valence-corrected chi connectivity index (χ0v) is 16.4. The van der Waals surface area contributed by atoms with Crippen molar-refractivity contribution in [2.75, 3.05) is 6.61 Å². The molecule has 27 heavy (non-hydrogen) atoms. The third-order valence-electron chi connectivity index (χ3n) is 3.54. The van der Waals surface area contributed by atoms with Gasteiger partial charge in [-0.15, -0.1) is 0 Å². The number of halogens is 3. The zero-order chi connectivity index (χ0) is 19.6. The minimum absolute atomic E-state index is 0.151. The molecule has 3 aromatic rings. The van der Waals surface area contributed by atoms with Crippen molar-refractivity contribution in [2.24, 2.45) is 4.99 Å². The van der Waals surface area contributed by atoms with Gasteiger partial charge in [-0.25, -0.2) is 4.39 Å². The second-order valence-corrected chi connectivity index (χ2v) is 7.34. The minimum Gasteiger partial charge on any atom is -0.465 e. The first kappa shape index (κ1) is 19.5. The summed E-state index contributed by atoms with van der Waals surface area (Å²) >= 11 is 13.0. The number of nitrogens with zero attached hydrogens (tertiary/aromatic N) is 2. The maximum absolute atomic E-state index is 13.6. The molecule has 0 saturated heterocycles. The molecule has 1 amide bonds. The number of fused-ring (bicyclic) bond motifs is 1. The van der Waals surface area contributed by atoms with Crippen LogP contribution in [0.5, 0.6) is 0 Å². The summed E-state index contributed by atoms with van der Waals surface area (Å²) in [5, 5.41) is 0.609. The maximum atomic E-state index is 13.6. The minimum atomic E-state index is -0.580. The van der Waals surface area contributed by atoms with Gasteiger partial charge in [0.25, 0.3) is 5.91 Å². The Morgan fingerprint density at radius 3 is 2.56 bits per heavy atom. The molecule has 1 aromatic heterocycles. The molecule has 1 heterocycles. The summed E-state index contributed by atoms with van der Waals surface area (Å²) in [6.07, 6.45) is 0. The molecule has 3 rings (SSSR count). The first-order valence-corrected chi connectivity index (χ1v) is 9.44. The van der Waals surface area contributed by atoms with Gasteiger partial charge >= 0.3 is 5.97 Å². The number of esters is 1. The summed E-state index contributed by atoms with van der Waals surface area (Å²) in [6.45, 7) is 1.77. The molecule has 0 unspecified atom stereocenters. The fourth-order valence-corrected chi connectivity index (χ4v) is 4.03. The van der Waals surface area contributed by atoms with E-state index >= 15 is 0 Å². The molecule has 0 bridgehead atoms. The summed E-state index contributed by atoms with van der Waals surface area (Å²) in [5.74, 6) is -1.49. The normalized spacial score (nSPS) is 11.8. The van der Waals surface area contributed by atoms with Crippen molar-refractivity contribution in [3.05, 3.63) is 62.6 Å². The highest BCUT2D eigenvalue weighted by atomic mass is 35.5. The lowest BCUT2D eigenvalue weighted by atomic mass is 10.2. The van der Waals surface area contributed by atoms with Crippen LogP contribution in [-0.2, 0) is 16.1 Å². The standard InChI is InChI=1S/C18H13Cl2FN2O3S/c1-2-26-16(24)9-23-14-4-3-13(21)8-15(14)27-18(23)22-17(25)10-5-11(19)7-12(20)6-10/h3-8H,2,9H2,1H3. The number of benzene rings is 2. The fraction of sp³-hybridized carbons (Fsp3) is 0.167. The van der Waals surface area contributed by atoms with Crippen LogP contribution in [0, 0.1) is 5.82 Å². The lowest BCUT2D eigenvalue weighted by molar-refractivity contribution is -0.143. The van der Waals surface area contributed by atoms with Crippen molar-refractivity contribution in [2.45, 2.75) is 13.5 Å². The molecular formula is C18H13Cl2FN2O3S. The van der Waals surface area contributed by atoms with E-state index in [-0.39, 0.29) is 23.5 Å². The number of thiazole rings is 1. The van der Waals surface area contributed by atoms with Gasteiger partial charge in [0.2, 0.25) is 0 Å². The van der Waals surface area contributed by atoms with E-state index in [4.69, 9.17) is 27.9 Å². The molecule has 2 aromatic carbocycles. The molecule has 0 saturated carbocycles. The Hall–Kier alpha value is -2.22. The van der Waals surface area contributed by atoms with E-state index in [1.54, 1.807) is 6.92 Å². The van der Waals surface area contributed by atoms with E-state index < -0.39 is 17.7 Å². The van der Waals surface area contributed by atoms with Gasteiger partial charge in [0.1, 0.15) is 12.4 Å². The molecule has 0 aliphatic carbocycles. The average Bonchev–Trinajstić information content (AvgIpc) is 2.90. The molecule has 0 fully saturated rings. The van der Waals surface area contributed by atoms with Crippen LogP contribution in [0.2, 0.25) is 10.0 Å². The molecule has 0 atom stereocenters. The van der Waals surface area contributed by atoms with Crippen LogP contribution in [0.3, 0.4) is 0 Å².